The number of hydrogen-bond donors (Lipinski definition) is 1. The number of H-pyrrole nitrogens is 1. The van der Waals surface area contributed by atoms with Gasteiger partial charge in [0.25, 0.3) is 0 Å². The smallest absolute Gasteiger partial charge is 0.339 e. The fourth-order valence-electron chi connectivity index (χ4n) is 2.51. The Morgan fingerprint density at radius 3 is 2.36 bits per heavy atom. The summed E-state index contributed by atoms with van der Waals surface area (Å²) in [5.41, 5.74) is 1.87. The Kier molecular flexibility index (Phi) is 5.79. The zero-order valence-corrected chi connectivity index (χ0v) is 15.9. The molecule has 0 fully saturated rings. The van der Waals surface area contributed by atoms with E-state index in [-0.39, 0.29) is 5.69 Å². The Bertz CT molecular complexity index is 840. The van der Waals surface area contributed by atoms with Crippen molar-refractivity contribution in [2.45, 2.75) is 26.9 Å². The van der Waals surface area contributed by atoms with Gasteiger partial charge in [0.15, 0.2) is 6.10 Å². The van der Waals surface area contributed by atoms with Crippen molar-refractivity contribution < 1.29 is 23.9 Å². The Morgan fingerprint density at radius 2 is 1.76 bits per heavy atom. The fraction of sp³-hybridized carbons (Fsp3) is 0.278. The highest BCUT2D eigenvalue weighted by Crippen LogP contribution is 2.22. The van der Waals surface area contributed by atoms with Gasteiger partial charge in [-0.2, -0.15) is 0 Å². The quantitative estimate of drug-likeness (QED) is 0.604. The van der Waals surface area contributed by atoms with Crippen LogP contribution in [-0.4, -0.2) is 35.9 Å². The molecular formula is C18H18BrNO5. The number of hydrogen-bond acceptors (Lipinski definition) is 5. The highest BCUT2D eigenvalue weighted by atomic mass is 79.9. The molecule has 7 heteroatoms. The molecule has 1 aromatic heterocycles. The molecule has 0 amide bonds. The van der Waals surface area contributed by atoms with E-state index in [1.54, 1.807) is 38.1 Å². The molecule has 0 radical (unpaired) electrons. The van der Waals surface area contributed by atoms with Gasteiger partial charge in [0.1, 0.15) is 0 Å². The van der Waals surface area contributed by atoms with E-state index < -0.39 is 23.8 Å². The molecule has 1 N–H and O–H groups in total. The molecule has 0 saturated carbocycles. The number of aromatic amines is 1. The molecule has 2 aromatic rings. The van der Waals surface area contributed by atoms with E-state index in [0.717, 1.165) is 0 Å². The van der Waals surface area contributed by atoms with E-state index in [1.807, 2.05) is 0 Å². The maximum Gasteiger partial charge on any atom is 0.339 e. The summed E-state index contributed by atoms with van der Waals surface area (Å²) in [6.45, 7) is 4.81. The average Bonchev–Trinajstić information content (AvgIpc) is 2.88. The molecule has 0 aliphatic rings. The number of carbonyl (C=O) groups is 3. The van der Waals surface area contributed by atoms with Gasteiger partial charge in [-0.1, -0.05) is 12.1 Å². The lowest BCUT2D eigenvalue weighted by Crippen LogP contribution is -2.25. The van der Waals surface area contributed by atoms with Crippen LogP contribution in [0.25, 0.3) is 0 Å². The topological polar surface area (TPSA) is 85.5 Å². The number of ketones is 1. The van der Waals surface area contributed by atoms with Crippen molar-refractivity contribution in [1.29, 1.82) is 0 Å². The molecule has 0 unspecified atom stereocenters. The summed E-state index contributed by atoms with van der Waals surface area (Å²) in [5.74, 6) is -1.55. The number of aromatic nitrogens is 1. The summed E-state index contributed by atoms with van der Waals surface area (Å²) in [5, 5.41) is 0. The molecule has 0 bridgehead atoms. The van der Waals surface area contributed by atoms with Gasteiger partial charge in [0.2, 0.25) is 5.78 Å². The van der Waals surface area contributed by atoms with Gasteiger partial charge in [0.05, 0.1) is 23.9 Å². The summed E-state index contributed by atoms with van der Waals surface area (Å²) in [6.07, 6.45) is -1.01. The van der Waals surface area contributed by atoms with E-state index in [1.165, 1.54) is 14.0 Å². The van der Waals surface area contributed by atoms with Crippen molar-refractivity contribution in [2.75, 3.05) is 7.11 Å². The van der Waals surface area contributed by atoms with Crippen molar-refractivity contribution in [3.63, 3.8) is 0 Å². The van der Waals surface area contributed by atoms with E-state index >= 15 is 0 Å². The maximum atomic E-state index is 12.6. The molecule has 25 heavy (non-hydrogen) atoms. The van der Waals surface area contributed by atoms with Crippen molar-refractivity contribution in [3.8, 4) is 0 Å². The predicted octanol–water partition coefficient (Wildman–Crippen LogP) is 3.61. The minimum atomic E-state index is -1.01. The standard InChI is InChI=1S/C18H18BrNO5/c1-9-14(18(23)24-4)10(2)20-15(9)16(21)11(3)25-17(22)12-7-5-6-8-13(12)19/h5-8,11,20H,1-4H3/t11-/m0/s1. The molecule has 132 valence electrons. The van der Waals surface area contributed by atoms with Crippen LogP contribution < -0.4 is 0 Å². The van der Waals surface area contributed by atoms with Crippen LogP contribution in [0.3, 0.4) is 0 Å². The largest absolute Gasteiger partial charge is 0.465 e. The molecule has 6 nitrogen and oxygen atoms in total. The van der Waals surface area contributed by atoms with Gasteiger partial charge in [-0.15, -0.1) is 0 Å². The monoisotopic (exact) mass is 407 g/mol. The zero-order valence-electron chi connectivity index (χ0n) is 14.3. The number of methoxy groups -OCH3 is 1. The third-order valence-corrected chi connectivity index (χ3v) is 4.51. The minimum Gasteiger partial charge on any atom is -0.465 e. The Hall–Kier alpha value is -2.41. The van der Waals surface area contributed by atoms with Crippen LogP contribution in [0.1, 0.15) is 49.4 Å². The average molecular weight is 408 g/mol. The lowest BCUT2D eigenvalue weighted by atomic mass is 10.1. The molecule has 1 aromatic carbocycles. The number of carbonyl (C=O) groups excluding carboxylic acids is 3. The van der Waals surface area contributed by atoms with Crippen LogP contribution in [0.4, 0.5) is 0 Å². The van der Waals surface area contributed by atoms with Crippen LogP contribution in [0.5, 0.6) is 0 Å². The first-order valence-electron chi connectivity index (χ1n) is 7.55. The van der Waals surface area contributed by atoms with Crippen LogP contribution in [0.2, 0.25) is 0 Å². The first kappa shape index (κ1) is 18.9. The first-order valence-corrected chi connectivity index (χ1v) is 8.34. The van der Waals surface area contributed by atoms with Gasteiger partial charge in [-0.25, -0.2) is 9.59 Å². The molecule has 0 saturated heterocycles. The van der Waals surface area contributed by atoms with E-state index in [9.17, 15) is 14.4 Å². The number of benzene rings is 1. The molecule has 0 aliphatic carbocycles. The van der Waals surface area contributed by atoms with E-state index in [4.69, 9.17) is 9.47 Å². The van der Waals surface area contributed by atoms with Gasteiger partial charge >= 0.3 is 11.9 Å². The number of nitrogens with one attached hydrogen (secondary N) is 1. The first-order chi connectivity index (χ1) is 11.8. The lowest BCUT2D eigenvalue weighted by Gasteiger charge is -2.13. The van der Waals surface area contributed by atoms with Crippen molar-refractivity contribution in [1.82, 2.24) is 4.98 Å². The number of ether oxygens (including phenoxy) is 2. The SMILES string of the molecule is COC(=O)c1c(C)[nH]c(C(=O)[C@H](C)OC(=O)c2ccccc2Br)c1C. The Morgan fingerprint density at radius 1 is 1.12 bits per heavy atom. The molecule has 0 spiro atoms. The zero-order chi connectivity index (χ0) is 18.7. The van der Waals surface area contributed by atoms with E-state index in [0.29, 0.717) is 26.9 Å². The molecule has 1 heterocycles. The Labute approximate surface area is 153 Å². The van der Waals surface area contributed by atoms with Crippen molar-refractivity contribution in [3.05, 3.63) is 56.8 Å². The van der Waals surface area contributed by atoms with Gasteiger partial charge < -0.3 is 14.5 Å². The molecule has 0 aliphatic heterocycles. The number of aryl methyl sites for hydroxylation is 1. The third-order valence-electron chi connectivity index (χ3n) is 3.82. The number of esters is 2. The highest BCUT2D eigenvalue weighted by Gasteiger charge is 2.27. The van der Waals surface area contributed by atoms with Crippen molar-refractivity contribution in [2.24, 2.45) is 0 Å². The van der Waals surface area contributed by atoms with Gasteiger partial charge in [-0.05, 0) is 54.4 Å². The summed E-state index contributed by atoms with van der Waals surface area (Å²) >= 11 is 3.27. The molecular weight excluding hydrogens is 390 g/mol. The fourth-order valence-corrected chi connectivity index (χ4v) is 2.96. The predicted molar refractivity (Wildman–Crippen MR) is 95.0 cm³/mol. The summed E-state index contributed by atoms with van der Waals surface area (Å²) in [7, 11) is 1.28. The summed E-state index contributed by atoms with van der Waals surface area (Å²) in [6, 6.07) is 6.79. The van der Waals surface area contributed by atoms with Gasteiger partial charge in [0, 0.05) is 10.2 Å². The summed E-state index contributed by atoms with van der Waals surface area (Å²) < 4.78 is 10.6. The van der Waals surface area contributed by atoms with Crippen LogP contribution >= 0.6 is 15.9 Å². The lowest BCUT2D eigenvalue weighted by molar-refractivity contribution is 0.0316. The third kappa shape index (κ3) is 3.82. The molecule has 1 atom stereocenters. The maximum absolute atomic E-state index is 12.6. The second-order valence-corrected chi connectivity index (χ2v) is 6.36. The minimum absolute atomic E-state index is 0.227. The van der Waals surface area contributed by atoms with E-state index in [2.05, 4.69) is 20.9 Å². The summed E-state index contributed by atoms with van der Waals surface area (Å²) in [4.78, 5) is 39.6. The number of rotatable bonds is 5. The number of Topliss-reactive ketones (excluding diaryl/α,β-unsaturated/α-hetero) is 1. The van der Waals surface area contributed by atoms with Crippen LogP contribution in [0.15, 0.2) is 28.7 Å². The second-order valence-electron chi connectivity index (χ2n) is 5.51. The Balaban J connectivity index is 2.22. The van der Waals surface area contributed by atoms with Gasteiger partial charge in [-0.3, -0.25) is 4.79 Å². The van der Waals surface area contributed by atoms with Crippen LogP contribution in [0, 0.1) is 13.8 Å². The second kappa shape index (κ2) is 7.65. The van der Waals surface area contributed by atoms with Crippen LogP contribution in [-0.2, 0) is 9.47 Å². The molecule has 2 rings (SSSR count). The highest BCUT2D eigenvalue weighted by molar-refractivity contribution is 9.10. The number of halogens is 1. The van der Waals surface area contributed by atoms with Crippen molar-refractivity contribution >= 4 is 33.7 Å². The normalized spacial score (nSPS) is 11.7.